The zero-order valence-electron chi connectivity index (χ0n) is 13.0. The van der Waals surface area contributed by atoms with Crippen molar-refractivity contribution in [3.05, 3.63) is 29.8 Å². The third-order valence-corrected chi connectivity index (χ3v) is 3.68. The number of carbonyl (C=O) groups excluding carboxylic acids is 2. The highest BCUT2D eigenvalue weighted by atomic mass is 16.5. The van der Waals surface area contributed by atoms with Gasteiger partial charge in [-0.3, -0.25) is 9.59 Å². The van der Waals surface area contributed by atoms with Crippen LogP contribution in [0.4, 0.5) is 0 Å². The summed E-state index contributed by atoms with van der Waals surface area (Å²) in [5.41, 5.74) is 1.15. The molecule has 0 radical (unpaired) electrons. The molecule has 0 aliphatic carbocycles. The lowest BCUT2D eigenvalue weighted by Crippen LogP contribution is -2.39. The molecule has 6 nitrogen and oxygen atoms in total. The fourth-order valence-electron chi connectivity index (χ4n) is 2.54. The second-order valence-electron chi connectivity index (χ2n) is 5.34. The number of nitrogens with one attached hydrogen (secondary N) is 1. The molecule has 1 atom stereocenters. The minimum atomic E-state index is -0.183. The zero-order valence-corrected chi connectivity index (χ0v) is 13.0. The molecule has 0 aromatic heterocycles. The van der Waals surface area contributed by atoms with Crippen molar-refractivity contribution in [2.24, 2.45) is 0 Å². The highest BCUT2D eigenvalue weighted by molar-refractivity contribution is 5.82. The van der Waals surface area contributed by atoms with E-state index in [1.165, 1.54) is 7.11 Å². The highest BCUT2D eigenvalue weighted by Gasteiger charge is 2.30. The van der Waals surface area contributed by atoms with E-state index in [0.29, 0.717) is 19.5 Å². The first-order chi connectivity index (χ1) is 10.6. The molecule has 2 rings (SSSR count). The van der Waals surface area contributed by atoms with Gasteiger partial charge in [-0.05, 0) is 24.1 Å². The molecular weight excluding hydrogens is 284 g/mol. The molecule has 1 aliphatic rings. The lowest BCUT2D eigenvalue weighted by atomic mass is 10.1. The molecule has 0 unspecified atom stereocenters. The predicted molar refractivity (Wildman–Crippen MR) is 81.7 cm³/mol. The van der Waals surface area contributed by atoms with Gasteiger partial charge in [-0.1, -0.05) is 12.1 Å². The van der Waals surface area contributed by atoms with Crippen molar-refractivity contribution in [3.8, 4) is 5.75 Å². The minimum absolute atomic E-state index is 0.0243. The standard InChI is InChI=1S/C16H22N2O4/c1-21-11-15(19)17-13-9-16(20)18(10-13)8-7-12-3-5-14(22-2)6-4-12/h3-6,13H,7-11H2,1-2H3,(H,17,19)/t13-/m0/s1. The van der Waals surface area contributed by atoms with Gasteiger partial charge in [-0.15, -0.1) is 0 Å². The van der Waals surface area contributed by atoms with Gasteiger partial charge < -0.3 is 19.7 Å². The van der Waals surface area contributed by atoms with E-state index in [1.807, 2.05) is 24.3 Å². The van der Waals surface area contributed by atoms with Crippen LogP contribution in [0.25, 0.3) is 0 Å². The molecule has 1 aromatic rings. The topological polar surface area (TPSA) is 67.9 Å². The molecule has 1 fully saturated rings. The zero-order chi connectivity index (χ0) is 15.9. The van der Waals surface area contributed by atoms with Gasteiger partial charge in [0.1, 0.15) is 12.4 Å². The summed E-state index contributed by atoms with van der Waals surface area (Å²) in [5.74, 6) is 0.718. The van der Waals surface area contributed by atoms with Crippen molar-refractivity contribution in [1.82, 2.24) is 10.2 Å². The van der Waals surface area contributed by atoms with E-state index < -0.39 is 0 Å². The average molecular weight is 306 g/mol. The minimum Gasteiger partial charge on any atom is -0.497 e. The van der Waals surface area contributed by atoms with Crippen molar-refractivity contribution < 1.29 is 19.1 Å². The molecule has 1 saturated heterocycles. The van der Waals surface area contributed by atoms with Gasteiger partial charge in [-0.25, -0.2) is 0 Å². The maximum atomic E-state index is 12.0. The molecule has 0 saturated carbocycles. The van der Waals surface area contributed by atoms with Gasteiger partial charge in [0, 0.05) is 26.6 Å². The lowest BCUT2D eigenvalue weighted by molar-refractivity contribution is -0.127. The van der Waals surface area contributed by atoms with Crippen LogP contribution in [-0.2, 0) is 20.7 Å². The van der Waals surface area contributed by atoms with Crippen molar-refractivity contribution in [2.75, 3.05) is 33.9 Å². The second kappa shape index (κ2) is 7.79. The Morgan fingerprint density at radius 3 is 2.68 bits per heavy atom. The van der Waals surface area contributed by atoms with Gasteiger partial charge >= 0.3 is 0 Å². The summed E-state index contributed by atoms with van der Waals surface area (Å²) >= 11 is 0. The lowest BCUT2D eigenvalue weighted by Gasteiger charge is -2.17. The van der Waals surface area contributed by atoms with Crippen LogP contribution in [0, 0.1) is 0 Å². The Morgan fingerprint density at radius 2 is 2.05 bits per heavy atom. The SMILES string of the molecule is COCC(=O)N[C@H]1CC(=O)N(CCc2ccc(OC)cc2)C1. The number of ether oxygens (including phenoxy) is 2. The van der Waals surface area contributed by atoms with Crippen LogP contribution in [-0.4, -0.2) is 56.7 Å². The number of nitrogens with zero attached hydrogens (tertiary/aromatic N) is 1. The molecule has 1 heterocycles. The summed E-state index contributed by atoms with van der Waals surface area (Å²) in [6, 6.07) is 7.70. The first-order valence-corrected chi connectivity index (χ1v) is 7.31. The van der Waals surface area contributed by atoms with Crippen LogP contribution in [0.5, 0.6) is 5.75 Å². The average Bonchev–Trinajstić information content (AvgIpc) is 2.85. The number of hydrogen-bond donors (Lipinski definition) is 1. The third kappa shape index (κ3) is 4.46. The Balaban J connectivity index is 1.80. The summed E-state index contributed by atoms with van der Waals surface area (Å²) in [5, 5.41) is 2.81. The summed E-state index contributed by atoms with van der Waals surface area (Å²) in [4.78, 5) is 25.2. The Bertz CT molecular complexity index is 515. The fraction of sp³-hybridized carbons (Fsp3) is 0.500. The molecular formula is C16H22N2O4. The number of carbonyl (C=O) groups is 2. The van der Waals surface area contributed by atoms with Crippen molar-refractivity contribution >= 4 is 11.8 Å². The summed E-state index contributed by atoms with van der Waals surface area (Å²) < 4.78 is 9.89. The Hall–Kier alpha value is -2.08. The van der Waals surface area contributed by atoms with E-state index in [4.69, 9.17) is 9.47 Å². The van der Waals surface area contributed by atoms with Gasteiger partial charge in [0.05, 0.1) is 13.2 Å². The highest BCUT2D eigenvalue weighted by Crippen LogP contribution is 2.15. The Kier molecular flexibility index (Phi) is 5.77. The van der Waals surface area contributed by atoms with Crippen LogP contribution in [0.1, 0.15) is 12.0 Å². The number of benzene rings is 1. The molecule has 6 heteroatoms. The van der Waals surface area contributed by atoms with E-state index in [1.54, 1.807) is 12.0 Å². The molecule has 0 bridgehead atoms. The number of hydrogen-bond acceptors (Lipinski definition) is 4. The van der Waals surface area contributed by atoms with Crippen LogP contribution in [0.2, 0.25) is 0 Å². The molecule has 22 heavy (non-hydrogen) atoms. The summed E-state index contributed by atoms with van der Waals surface area (Å²) in [6.07, 6.45) is 1.15. The van der Waals surface area contributed by atoms with Gasteiger partial charge in [0.25, 0.3) is 0 Å². The van der Waals surface area contributed by atoms with E-state index in [2.05, 4.69) is 5.32 Å². The maximum absolute atomic E-state index is 12.0. The number of amides is 2. The largest absolute Gasteiger partial charge is 0.497 e. The number of methoxy groups -OCH3 is 2. The van der Waals surface area contributed by atoms with Crippen molar-refractivity contribution in [3.63, 3.8) is 0 Å². The van der Waals surface area contributed by atoms with E-state index in [0.717, 1.165) is 17.7 Å². The molecule has 0 spiro atoms. The first-order valence-electron chi connectivity index (χ1n) is 7.31. The van der Waals surface area contributed by atoms with E-state index >= 15 is 0 Å². The van der Waals surface area contributed by atoms with Crippen molar-refractivity contribution in [1.29, 1.82) is 0 Å². The second-order valence-corrected chi connectivity index (χ2v) is 5.34. The molecule has 120 valence electrons. The van der Waals surface area contributed by atoms with Gasteiger partial charge in [0.15, 0.2) is 0 Å². The van der Waals surface area contributed by atoms with Crippen LogP contribution in [0.3, 0.4) is 0 Å². The summed E-state index contributed by atoms with van der Waals surface area (Å²) in [6.45, 7) is 1.24. The van der Waals surface area contributed by atoms with Gasteiger partial charge in [0.2, 0.25) is 11.8 Å². The van der Waals surface area contributed by atoms with E-state index in [-0.39, 0.29) is 24.5 Å². The first kappa shape index (κ1) is 16.3. The number of rotatable bonds is 7. The van der Waals surface area contributed by atoms with Crippen LogP contribution >= 0.6 is 0 Å². The third-order valence-electron chi connectivity index (χ3n) is 3.68. The van der Waals surface area contributed by atoms with Crippen LogP contribution in [0.15, 0.2) is 24.3 Å². The normalized spacial score (nSPS) is 17.6. The fourth-order valence-corrected chi connectivity index (χ4v) is 2.54. The van der Waals surface area contributed by atoms with E-state index in [9.17, 15) is 9.59 Å². The molecule has 2 amide bonds. The Labute approximate surface area is 130 Å². The summed E-state index contributed by atoms with van der Waals surface area (Å²) in [7, 11) is 3.11. The smallest absolute Gasteiger partial charge is 0.246 e. The molecule has 1 N–H and O–H groups in total. The number of likely N-dealkylation sites (tertiary alicyclic amines) is 1. The van der Waals surface area contributed by atoms with Gasteiger partial charge in [-0.2, -0.15) is 0 Å². The predicted octanol–water partition coefficient (Wildman–Crippen LogP) is 0.601. The van der Waals surface area contributed by atoms with Crippen LogP contribution < -0.4 is 10.1 Å². The Morgan fingerprint density at radius 1 is 1.32 bits per heavy atom. The van der Waals surface area contributed by atoms with Crippen molar-refractivity contribution in [2.45, 2.75) is 18.9 Å². The molecule has 1 aromatic carbocycles. The molecule has 1 aliphatic heterocycles. The monoisotopic (exact) mass is 306 g/mol. The maximum Gasteiger partial charge on any atom is 0.246 e. The quantitative estimate of drug-likeness (QED) is 0.801.